The van der Waals surface area contributed by atoms with Crippen molar-refractivity contribution in [3.63, 3.8) is 0 Å². The number of nitrogens with zero attached hydrogens (tertiary/aromatic N) is 2. The molecule has 1 aliphatic rings. The number of aromatic nitrogens is 2. The number of aromatic carboxylic acids is 1. The summed E-state index contributed by atoms with van der Waals surface area (Å²) >= 11 is 0. The SMILES string of the molecule is O=C(N[C@H]1Cc2cccc(C(=O)O)c2OB1O)c1cncnc1. The largest absolute Gasteiger partial charge is 0.547 e. The predicted octanol–water partition coefficient (Wildman–Crippen LogP) is -0.0720. The van der Waals surface area contributed by atoms with Gasteiger partial charge in [-0.3, -0.25) is 4.79 Å². The summed E-state index contributed by atoms with van der Waals surface area (Å²) in [6, 6.07) is 4.68. The van der Waals surface area contributed by atoms with Crippen LogP contribution in [0.15, 0.2) is 36.9 Å². The number of rotatable bonds is 3. The van der Waals surface area contributed by atoms with Gasteiger partial charge in [0.2, 0.25) is 0 Å². The fraction of sp³-hybridized carbons (Fsp3) is 0.143. The van der Waals surface area contributed by atoms with Gasteiger partial charge >= 0.3 is 13.1 Å². The normalized spacial score (nSPS) is 16.2. The summed E-state index contributed by atoms with van der Waals surface area (Å²) in [4.78, 5) is 30.8. The van der Waals surface area contributed by atoms with Gasteiger partial charge < -0.3 is 20.1 Å². The first-order chi connectivity index (χ1) is 11.1. The molecular weight excluding hydrogens is 301 g/mol. The summed E-state index contributed by atoms with van der Waals surface area (Å²) < 4.78 is 5.30. The number of carboxylic acid groups (broad SMARTS) is 1. The number of para-hydroxylation sites is 1. The third-order valence-electron chi connectivity index (χ3n) is 3.49. The van der Waals surface area contributed by atoms with E-state index < -0.39 is 24.9 Å². The number of carbonyl (C=O) groups excluding carboxylic acids is 1. The zero-order chi connectivity index (χ0) is 16.4. The van der Waals surface area contributed by atoms with E-state index in [4.69, 9.17) is 9.76 Å². The summed E-state index contributed by atoms with van der Waals surface area (Å²) in [6.45, 7) is 0. The summed E-state index contributed by atoms with van der Waals surface area (Å²) in [5, 5.41) is 21.8. The Bertz CT molecular complexity index is 755. The monoisotopic (exact) mass is 313 g/mol. The van der Waals surface area contributed by atoms with Gasteiger partial charge in [-0.25, -0.2) is 14.8 Å². The van der Waals surface area contributed by atoms with Crippen LogP contribution in [0.1, 0.15) is 26.3 Å². The van der Waals surface area contributed by atoms with Gasteiger partial charge in [0.15, 0.2) is 0 Å². The molecule has 0 saturated carbocycles. The topological polar surface area (TPSA) is 122 Å². The van der Waals surface area contributed by atoms with Crippen molar-refractivity contribution >= 4 is 19.0 Å². The molecule has 0 saturated heterocycles. The standard InChI is InChI=1S/C14H12BN3O5/c19-13(9-5-16-7-17-6-9)18-11-4-8-2-1-3-10(14(20)21)12(8)23-15(11)22/h1-3,5-7,11,22H,4H2,(H,18,19)(H,20,21)/t11-/m0/s1. The highest BCUT2D eigenvalue weighted by Gasteiger charge is 2.37. The second kappa shape index (κ2) is 6.05. The minimum atomic E-state index is -1.35. The Hall–Kier alpha value is -2.94. The first-order valence-corrected chi connectivity index (χ1v) is 6.82. The fourth-order valence-corrected chi connectivity index (χ4v) is 2.38. The Kier molecular flexibility index (Phi) is 3.94. The molecule has 1 amide bonds. The molecule has 1 aromatic heterocycles. The van der Waals surface area contributed by atoms with Gasteiger partial charge in [0.05, 0.1) is 17.1 Å². The third kappa shape index (κ3) is 2.99. The van der Waals surface area contributed by atoms with Crippen LogP contribution in [0.3, 0.4) is 0 Å². The predicted molar refractivity (Wildman–Crippen MR) is 79.0 cm³/mol. The lowest BCUT2D eigenvalue weighted by Gasteiger charge is -2.28. The van der Waals surface area contributed by atoms with Crippen LogP contribution in [0.4, 0.5) is 0 Å². The summed E-state index contributed by atoms with van der Waals surface area (Å²) in [5.41, 5.74) is 0.831. The van der Waals surface area contributed by atoms with Crippen molar-refractivity contribution in [3.8, 4) is 5.75 Å². The number of fused-ring (bicyclic) bond motifs is 1. The average molecular weight is 313 g/mol. The molecule has 3 N–H and O–H groups in total. The Morgan fingerprint density at radius 2 is 2.04 bits per heavy atom. The van der Waals surface area contributed by atoms with Crippen LogP contribution in [0, 0.1) is 0 Å². The molecule has 116 valence electrons. The van der Waals surface area contributed by atoms with Gasteiger partial charge in [-0.15, -0.1) is 0 Å². The fourth-order valence-electron chi connectivity index (χ4n) is 2.38. The molecule has 0 bridgehead atoms. The quantitative estimate of drug-likeness (QED) is 0.678. The first-order valence-electron chi connectivity index (χ1n) is 6.82. The van der Waals surface area contributed by atoms with E-state index in [1.165, 1.54) is 24.8 Å². The van der Waals surface area contributed by atoms with Crippen LogP contribution < -0.4 is 9.97 Å². The van der Waals surface area contributed by atoms with Gasteiger partial charge in [-0.1, -0.05) is 12.1 Å². The Labute approximate surface area is 131 Å². The van der Waals surface area contributed by atoms with E-state index in [9.17, 15) is 14.6 Å². The third-order valence-corrected chi connectivity index (χ3v) is 3.49. The first kappa shape index (κ1) is 15.0. The number of benzene rings is 1. The van der Waals surface area contributed by atoms with Crippen LogP contribution in [-0.4, -0.2) is 45.0 Å². The van der Waals surface area contributed by atoms with Crippen LogP contribution in [0.2, 0.25) is 0 Å². The van der Waals surface area contributed by atoms with Crippen molar-refractivity contribution in [1.29, 1.82) is 0 Å². The number of hydrogen-bond donors (Lipinski definition) is 3. The second-order valence-corrected chi connectivity index (χ2v) is 5.02. The molecule has 9 heteroatoms. The molecule has 2 aromatic rings. The lowest BCUT2D eigenvalue weighted by atomic mass is 9.72. The van der Waals surface area contributed by atoms with Crippen LogP contribution in [0.5, 0.6) is 5.75 Å². The molecule has 3 rings (SSSR count). The van der Waals surface area contributed by atoms with E-state index in [1.807, 2.05) is 0 Å². The number of carboxylic acids is 1. The van der Waals surface area contributed by atoms with E-state index in [1.54, 1.807) is 12.1 Å². The summed E-state index contributed by atoms with van der Waals surface area (Å²) in [7, 11) is -1.35. The van der Waals surface area contributed by atoms with Crippen molar-refractivity contribution in [3.05, 3.63) is 53.6 Å². The maximum Gasteiger partial charge on any atom is 0.547 e. The second-order valence-electron chi connectivity index (χ2n) is 5.02. The van der Waals surface area contributed by atoms with Crippen molar-refractivity contribution in [2.24, 2.45) is 0 Å². The maximum absolute atomic E-state index is 12.1. The molecule has 0 fully saturated rings. The van der Waals surface area contributed by atoms with Crippen LogP contribution >= 0.6 is 0 Å². The van der Waals surface area contributed by atoms with E-state index >= 15 is 0 Å². The lowest BCUT2D eigenvalue weighted by Crippen LogP contribution is -2.53. The van der Waals surface area contributed by atoms with Gasteiger partial charge in [0.1, 0.15) is 12.1 Å². The minimum Gasteiger partial charge on any atom is -0.534 e. The molecule has 1 aromatic carbocycles. The van der Waals surface area contributed by atoms with Crippen molar-refractivity contribution < 1.29 is 24.4 Å². The minimum absolute atomic E-state index is 0.0252. The summed E-state index contributed by atoms with van der Waals surface area (Å²) in [6.07, 6.45) is 4.26. The highest BCUT2D eigenvalue weighted by atomic mass is 16.5. The molecule has 1 atom stereocenters. The highest BCUT2D eigenvalue weighted by molar-refractivity contribution is 6.47. The van der Waals surface area contributed by atoms with Crippen molar-refractivity contribution in [2.45, 2.75) is 12.4 Å². The van der Waals surface area contributed by atoms with Crippen LogP contribution in [0.25, 0.3) is 0 Å². The molecule has 0 unspecified atom stereocenters. The lowest BCUT2D eigenvalue weighted by molar-refractivity contribution is 0.0693. The van der Waals surface area contributed by atoms with Gasteiger partial charge in [0, 0.05) is 12.4 Å². The Balaban J connectivity index is 1.81. The number of nitrogens with one attached hydrogen (secondary N) is 1. The van der Waals surface area contributed by atoms with Gasteiger partial charge in [-0.05, 0) is 18.1 Å². The maximum atomic E-state index is 12.1. The van der Waals surface area contributed by atoms with Crippen LogP contribution in [-0.2, 0) is 6.42 Å². The Morgan fingerprint density at radius 1 is 1.30 bits per heavy atom. The molecule has 0 aliphatic carbocycles. The molecule has 0 radical (unpaired) electrons. The van der Waals surface area contributed by atoms with E-state index in [2.05, 4.69) is 15.3 Å². The molecule has 0 spiro atoms. The number of carbonyl (C=O) groups is 2. The zero-order valence-electron chi connectivity index (χ0n) is 11.8. The smallest absolute Gasteiger partial charge is 0.534 e. The van der Waals surface area contributed by atoms with Crippen molar-refractivity contribution in [2.75, 3.05) is 0 Å². The van der Waals surface area contributed by atoms with Gasteiger partial charge in [-0.2, -0.15) is 0 Å². The van der Waals surface area contributed by atoms with Crippen molar-refractivity contribution in [1.82, 2.24) is 15.3 Å². The molecule has 23 heavy (non-hydrogen) atoms. The highest BCUT2D eigenvalue weighted by Crippen LogP contribution is 2.30. The summed E-state index contributed by atoms with van der Waals surface area (Å²) in [5.74, 6) is -2.17. The average Bonchev–Trinajstić information content (AvgIpc) is 2.55. The zero-order valence-corrected chi connectivity index (χ0v) is 11.8. The van der Waals surface area contributed by atoms with E-state index in [0.717, 1.165) is 0 Å². The molecule has 1 aliphatic heterocycles. The van der Waals surface area contributed by atoms with E-state index in [0.29, 0.717) is 5.56 Å². The van der Waals surface area contributed by atoms with Gasteiger partial charge in [0.25, 0.3) is 5.91 Å². The molecule has 8 nitrogen and oxygen atoms in total. The number of amides is 1. The van der Waals surface area contributed by atoms with E-state index in [-0.39, 0.29) is 23.3 Å². The molecule has 2 heterocycles. The Morgan fingerprint density at radius 3 is 2.74 bits per heavy atom. The molecular formula is C14H12BN3O5. The number of hydrogen-bond acceptors (Lipinski definition) is 6.